The monoisotopic (exact) mass is 477 g/mol. The average molecular weight is 478 g/mol. The molecule has 7 nitrogen and oxygen atoms in total. The van der Waals surface area contributed by atoms with E-state index in [9.17, 15) is 14.7 Å². The van der Waals surface area contributed by atoms with Gasteiger partial charge in [-0.1, -0.05) is 24.3 Å². The van der Waals surface area contributed by atoms with Crippen LogP contribution in [0.15, 0.2) is 36.4 Å². The number of hydrogen-bond acceptors (Lipinski definition) is 5. The van der Waals surface area contributed by atoms with Gasteiger partial charge in [0.15, 0.2) is 0 Å². The summed E-state index contributed by atoms with van der Waals surface area (Å²) in [6, 6.07) is 10.9. The van der Waals surface area contributed by atoms with Crippen molar-refractivity contribution >= 4 is 17.7 Å². The smallest absolute Gasteiger partial charge is 0.326 e. The topological polar surface area (TPSA) is 101 Å². The van der Waals surface area contributed by atoms with E-state index in [1.165, 1.54) is 12.0 Å². The predicted molar refractivity (Wildman–Crippen MR) is 134 cm³/mol. The normalized spacial score (nSPS) is 21.8. The Morgan fingerprint density at radius 2 is 2.00 bits per heavy atom. The number of ether oxygens (including phenoxy) is 1. The van der Waals surface area contributed by atoms with Crippen LogP contribution in [0.4, 0.5) is 5.82 Å². The Morgan fingerprint density at radius 3 is 2.80 bits per heavy atom. The summed E-state index contributed by atoms with van der Waals surface area (Å²) in [6.07, 6.45) is 8.97. The van der Waals surface area contributed by atoms with Crippen molar-refractivity contribution in [2.75, 3.05) is 18.5 Å². The number of carboxylic acids is 1. The molecule has 0 saturated heterocycles. The standard InChI is InChI=1S/C28H35N3O4/c32-27(24-6-2-1-5-23(24)19-8-9-19)31-25(28(33)34)13-15-35-22-16-18(17-22)7-11-21-12-10-20-4-3-14-29-26(20)30-21/h1-2,5-6,10,12,18-19,22,25H,3-4,7-9,11,13-17H2,(H,29,30)(H,31,32)(H,33,34). The molecule has 0 bridgehead atoms. The number of nitrogens with zero attached hydrogens (tertiary/aromatic N) is 1. The first-order chi connectivity index (χ1) is 17.1. The third-order valence-electron chi connectivity index (χ3n) is 7.54. The summed E-state index contributed by atoms with van der Waals surface area (Å²) in [5.41, 5.74) is 4.08. The Labute approximate surface area is 206 Å². The van der Waals surface area contributed by atoms with Gasteiger partial charge in [0, 0.05) is 30.8 Å². The fraction of sp³-hybridized carbons (Fsp3) is 0.536. The van der Waals surface area contributed by atoms with Crippen molar-refractivity contribution in [3.8, 4) is 0 Å². The van der Waals surface area contributed by atoms with Crippen LogP contribution >= 0.6 is 0 Å². The van der Waals surface area contributed by atoms with E-state index in [0.29, 0.717) is 24.0 Å². The maximum atomic E-state index is 12.8. The van der Waals surface area contributed by atoms with Crippen LogP contribution in [0.2, 0.25) is 0 Å². The molecular formula is C28H35N3O4. The predicted octanol–water partition coefficient (Wildman–Crippen LogP) is 4.32. The van der Waals surface area contributed by atoms with Gasteiger partial charge in [0.05, 0.1) is 6.10 Å². The summed E-state index contributed by atoms with van der Waals surface area (Å²) in [5.74, 6) is 0.771. The van der Waals surface area contributed by atoms with Crippen molar-refractivity contribution in [1.82, 2.24) is 10.3 Å². The van der Waals surface area contributed by atoms with E-state index in [2.05, 4.69) is 22.8 Å². The number of hydrogen-bond donors (Lipinski definition) is 3. The Balaban J connectivity index is 1.02. The fourth-order valence-corrected chi connectivity index (χ4v) is 5.21. The second-order valence-corrected chi connectivity index (χ2v) is 10.2. The molecule has 5 rings (SSSR count). The van der Waals surface area contributed by atoms with Crippen LogP contribution in [0.5, 0.6) is 0 Å². The van der Waals surface area contributed by atoms with Crippen molar-refractivity contribution in [1.29, 1.82) is 0 Å². The van der Waals surface area contributed by atoms with Crippen molar-refractivity contribution in [2.24, 2.45) is 5.92 Å². The van der Waals surface area contributed by atoms with Gasteiger partial charge >= 0.3 is 5.97 Å². The number of rotatable bonds is 11. The van der Waals surface area contributed by atoms with Gasteiger partial charge in [0.25, 0.3) is 5.91 Å². The van der Waals surface area contributed by atoms with Gasteiger partial charge in [-0.25, -0.2) is 9.78 Å². The Hall–Kier alpha value is -2.93. The second kappa shape index (κ2) is 10.8. The van der Waals surface area contributed by atoms with E-state index in [-0.39, 0.29) is 18.4 Å². The molecule has 1 atom stereocenters. The van der Waals surface area contributed by atoms with Crippen molar-refractivity contribution in [3.05, 3.63) is 58.8 Å². The van der Waals surface area contributed by atoms with Crippen LogP contribution < -0.4 is 10.6 Å². The molecule has 1 amide bonds. The summed E-state index contributed by atoms with van der Waals surface area (Å²) in [7, 11) is 0. The lowest BCUT2D eigenvalue weighted by atomic mass is 9.79. The number of benzene rings is 1. The molecule has 35 heavy (non-hydrogen) atoms. The SMILES string of the molecule is O=C(NC(CCOC1CC(CCc2ccc3c(n2)NCCC3)C1)C(=O)O)c1ccccc1C1CC1. The molecule has 7 heteroatoms. The zero-order chi connectivity index (χ0) is 24.2. The summed E-state index contributed by atoms with van der Waals surface area (Å²) in [5, 5.41) is 15.7. The number of amides is 1. The van der Waals surface area contributed by atoms with Crippen molar-refractivity contribution < 1.29 is 19.4 Å². The highest BCUT2D eigenvalue weighted by Crippen LogP contribution is 2.41. The summed E-state index contributed by atoms with van der Waals surface area (Å²) in [4.78, 5) is 29.3. The minimum atomic E-state index is -1.02. The first kappa shape index (κ1) is 23.8. The van der Waals surface area contributed by atoms with Gasteiger partial charge in [-0.3, -0.25) is 4.79 Å². The molecule has 2 saturated carbocycles. The van der Waals surface area contributed by atoms with Crippen LogP contribution in [0.25, 0.3) is 0 Å². The molecule has 1 aromatic heterocycles. The number of carbonyl (C=O) groups is 2. The minimum absolute atomic E-state index is 0.180. The Morgan fingerprint density at radius 1 is 1.17 bits per heavy atom. The molecule has 0 radical (unpaired) electrons. The lowest BCUT2D eigenvalue weighted by Crippen LogP contribution is -2.42. The average Bonchev–Trinajstić information content (AvgIpc) is 3.69. The largest absolute Gasteiger partial charge is 0.480 e. The molecule has 2 fully saturated rings. The highest BCUT2D eigenvalue weighted by molar-refractivity contribution is 5.98. The maximum Gasteiger partial charge on any atom is 0.326 e. The van der Waals surface area contributed by atoms with Gasteiger partial charge in [-0.2, -0.15) is 0 Å². The van der Waals surface area contributed by atoms with Crippen LogP contribution in [0, 0.1) is 5.92 Å². The van der Waals surface area contributed by atoms with E-state index >= 15 is 0 Å². The molecule has 3 N–H and O–H groups in total. The zero-order valence-electron chi connectivity index (χ0n) is 20.2. The number of carboxylic acid groups (broad SMARTS) is 1. The van der Waals surface area contributed by atoms with Crippen LogP contribution in [-0.2, 0) is 22.4 Å². The van der Waals surface area contributed by atoms with Gasteiger partial charge in [-0.15, -0.1) is 0 Å². The first-order valence-electron chi connectivity index (χ1n) is 13.0. The van der Waals surface area contributed by atoms with Gasteiger partial charge in [0.2, 0.25) is 0 Å². The van der Waals surface area contributed by atoms with E-state index in [4.69, 9.17) is 9.72 Å². The molecule has 2 aromatic rings. The molecule has 0 spiro atoms. The molecule has 2 aliphatic carbocycles. The molecule has 1 aliphatic heterocycles. The summed E-state index contributed by atoms with van der Waals surface area (Å²) < 4.78 is 5.93. The number of anilines is 1. The van der Waals surface area contributed by atoms with Crippen LogP contribution in [-0.4, -0.2) is 47.3 Å². The van der Waals surface area contributed by atoms with E-state index in [1.54, 1.807) is 6.07 Å². The third kappa shape index (κ3) is 6.01. The lowest BCUT2D eigenvalue weighted by molar-refractivity contribution is -0.140. The first-order valence-corrected chi connectivity index (χ1v) is 13.0. The second-order valence-electron chi connectivity index (χ2n) is 10.2. The molecule has 1 aromatic carbocycles. The van der Waals surface area contributed by atoms with Crippen molar-refractivity contribution in [3.63, 3.8) is 0 Å². The number of nitrogens with one attached hydrogen (secondary N) is 2. The highest BCUT2D eigenvalue weighted by Gasteiger charge is 2.31. The Kier molecular flexibility index (Phi) is 7.32. The molecule has 186 valence electrons. The quantitative estimate of drug-likeness (QED) is 0.446. The minimum Gasteiger partial charge on any atom is -0.480 e. The number of fused-ring (bicyclic) bond motifs is 1. The van der Waals surface area contributed by atoms with Gasteiger partial charge in [-0.05, 0) is 86.5 Å². The number of aromatic nitrogens is 1. The summed E-state index contributed by atoms with van der Waals surface area (Å²) in [6.45, 7) is 1.34. The third-order valence-corrected chi connectivity index (χ3v) is 7.54. The zero-order valence-corrected chi connectivity index (χ0v) is 20.2. The fourth-order valence-electron chi connectivity index (χ4n) is 5.21. The van der Waals surface area contributed by atoms with Gasteiger partial charge in [0.1, 0.15) is 11.9 Å². The van der Waals surface area contributed by atoms with Gasteiger partial charge < -0.3 is 20.5 Å². The number of aryl methyl sites for hydroxylation is 2. The molecule has 2 heterocycles. The lowest BCUT2D eigenvalue weighted by Gasteiger charge is -2.35. The number of pyridine rings is 1. The highest BCUT2D eigenvalue weighted by atomic mass is 16.5. The number of carbonyl (C=O) groups excluding carboxylic acids is 1. The maximum absolute atomic E-state index is 12.8. The Bertz CT molecular complexity index is 1060. The summed E-state index contributed by atoms with van der Waals surface area (Å²) >= 11 is 0. The van der Waals surface area contributed by atoms with Crippen molar-refractivity contribution in [2.45, 2.75) is 75.9 Å². The van der Waals surface area contributed by atoms with E-state index in [0.717, 1.165) is 68.6 Å². The van der Waals surface area contributed by atoms with Crippen LogP contribution in [0.1, 0.15) is 78.0 Å². The van der Waals surface area contributed by atoms with Crippen LogP contribution in [0.3, 0.4) is 0 Å². The molecule has 1 unspecified atom stereocenters. The van der Waals surface area contributed by atoms with E-state index < -0.39 is 12.0 Å². The van der Waals surface area contributed by atoms with E-state index in [1.807, 2.05) is 18.2 Å². The number of aliphatic carboxylic acids is 1. The molecule has 3 aliphatic rings. The molecular weight excluding hydrogens is 442 g/mol.